The van der Waals surface area contributed by atoms with E-state index in [0.717, 1.165) is 12.3 Å². The van der Waals surface area contributed by atoms with E-state index in [9.17, 15) is 0 Å². The Bertz CT molecular complexity index is 584. The van der Waals surface area contributed by atoms with Gasteiger partial charge in [0.15, 0.2) is 0 Å². The molecule has 1 aliphatic carbocycles. The minimum Gasteiger partial charge on any atom is -0.497 e. The zero-order valence-electron chi connectivity index (χ0n) is 11.1. The average Bonchev–Trinajstić information content (AvgIpc) is 2.92. The normalized spacial score (nSPS) is 15.9. The molecule has 96 valence electrons. The van der Waals surface area contributed by atoms with Crippen LogP contribution in [0.4, 0.5) is 0 Å². The number of aromatic nitrogens is 1. The number of rotatable bonds is 3. The lowest BCUT2D eigenvalue weighted by atomic mass is 10.1. The van der Waals surface area contributed by atoms with E-state index in [1.54, 1.807) is 7.11 Å². The molecule has 3 nitrogen and oxygen atoms in total. The van der Waals surface area contributed by atoms with E-state index < -0.39 is 0 Å². The summed E-state index contributed by atoms with van der Waals surface area (Å²) in [5, 5.41) is 1.38. The van der Waals surface area contributed by atoms with E-state index >= 15 is 0 Å². The minimum atomic E-state index is 0.177. The fourth-order valence-corrected chi connectivity index (χ4v) is 3.07. The number of benzene rings is 1. The highest BCUT2D eigenvalue weighted by molar-refractivity contribution is 5.87. The fourth-order valence-electron chi connectivity index (χ4n) is 3.07. The van der Waals surface area contributed by atoms with Crippen LogP contribution < -0.4 is 10.5 Å². The van der Waals surface area contributed by atoms with Crippen LogP contribution in [-0.4, -0.2) is 17.7 Å². The Labute approximate surface area is 108 Å². The molecule has 1 atom stereocenters. The van der Waals surface area contributed by atoms with Crippen LogP contribution in [0.5, 0.6) is 5.75 Å². The largest absolute Gasteiger partial charge is 0.497 e. The summed E-state index contributed by atoms with van der Waals surface area (Å²) in [5.74, 6) is 0.921. The number of methoxy groups -OCH3 is 1. The van der Waals surface area contributed by atoms with Gasteiger partial charge in [-0.2, -0.15) is 0 Å². The number of nitrogens with zero attached hydrogens (tertiary/aromatic N) is 1. The lowest BCUT2D eigenvalue weighted by Gasteiger charge is -2.12. The quantitative estimate of drug-likeness (QED) is 0.901. The molecule has 0 aliphatic heterocycles. The Balaban J connectivity index is 2.23. The molecule has 0 saturated heterocycles. The van der Waals surface area contributed by atoms with Crippen LogP contribution in [0.15, 0.2) is 18.2 Å². The number of nitrogens with two attached hydrogens (primary N) is 1. The second-order valence-electron chi connectivity index (χ2n) is 5.25. The summed E-state index contributed by atoms with van der Waals surface area (Å²) in [7, 11) is 1.72. The Morgan fingerprint density at radius 3 is 2.94 bits per heavy atom. The van der Waals surface area contributed by atoms with Crippen LogP contribution in [0.3, 0.4) is 0 Å². The third kappa shape index (κ3) is 1.70. The topological polar surface area (TPSA) is 40.2 Å². The van der Waals surface area contributed by atoms with Gasteiger partial charge >= 0.3 is 0 Å². The number of hydrogen-bond donors (Lipinski definition) is 1. The fraction of sp³-hybridized carbons (Fsp3) is 0.467. The van der Waals surface area contributed by atoms with Crippen molar-refractivity contribution >= 4 is 10.9 Å². The van der Waals surface area contributed by atoms with Crippen molar-refractivity contribution in [1.29, 1.82) is 0 Å². The maximum absolute atomic E-state index is 5.99. The monoisotopic (exact) mass is 244 g/mol. The van der Waals surface area contributed by atoms with Gasteiger partial charge in [0.2, 0.25) is 0 Å². The third-order valence-corrected chi connectivity index (χ3v) is 3.81. The third-order valence-electron chi connectivity index (χ3n) is 3.81. The van der Waals surface area contributed by atoms with E-state index in [-0.39, 0.29) is 6.04 Å². The van der Waals surface area contributed by atoms with E-state index in [0.29, 0.717) is 0 Å². The smallest absolute Gasteiger partial charge is 0.120 e. The van der Waals surface area contributed by atoms with Gasteiger partial charge in [-0.15, -0.1) is 0 Å². The molecule has 1 aliphatic rings. The van der Waals surface area contributed by atoms with E-state index in [2.05, 4.69) is 29.7 Å². The first-order chi connectivity index (χ1) is 8.70. The van der Waals surface area contributed by atoms with Crippen molar-refractivity contribution in [3.05, 3.63) is 29.5 Å². The van der Waals surface area contributed by atoms with Crippen molar-refractivity contribution in [2.24, 2.45) is 5.73 Å². The lowest BCUT2D eigenvalue weighted by molar-refractivity contribution is 0.415. The van der Waals surface area contributed by atoms with Crippen LogP contribution in [0.25, 0.3) is 10.9 Å². The summed E-state index contributed by atoms with van der Waals surface area (Å²) in [4.78, 5) is 0. The van der Waals surface area contributed by atoms with Crippen LogP contribution in [0.2, 0.25) is 0 Å². The van der Waals surface area contributed by atoms with Crippen LogP contribution >= 0.6 is 0 Å². The number of ether oxygens (including phenoxy) is 1. The van der Waals surface area contributed by atoms with Crippen molar-refractivity contribution in [2.75, 3.05) is 7.11 Å². The van der Waals surface area contributed by atoms with Gasteiger partial charge in [-0.1, -0.05) is 0 Å². The summed E-state index contributed by atoms with van der Waals surface area (Å²) in [6.45, 7) is 2.95. The Kier molecular flexibility index (Phi) is 2.78. The van der Waals surface area contributed by atoms with Crippen LogP contribution in [0.1, 0.15) is 24.6 Å². The summed E-state index contributed by atoms with van der Waals surface area (Å²) in [6.07, 6.45) is 3.65. The maximum atomic E-state index is 5.99. The second-order valence-corrected chi connectivity index (χ2v) is 5.25. The van der Waals surface area contributed by atoms with Crippen LogP contribution in [0, 0.1) is 0 Å². The molecular formula is C15H20N2O. The lowest BCUT2D eigenvalue weighted by Crippen LogP contribution is -2.23. The molecule has 18 heavy (non-hydrogen) atoms. The van der Waals surface area contributed by atoms with Gasteiger partial charge in [0, 0.05) is 29.7 Å². The number of fused-ring (bicyclic) bond motifs is 3. The molecule has 1 aromatic heterocycles. The number of hydrogen-bond acceptors (Lipinski definition) is 2. The Morgan fingerprint density at radius 2 is 2.22 bits per heavy atom. The molecule has 2 aromatic rings. The summed E-state index contributed by atoms with van der Waals surface area (Å²) < 4.78 is 7.73. The van der Waals surface area contributed by atoms with Gasteiger partial charge in [0.25, 0.3) is 0 Å². The Morgan fingerprint density at radius 1 is 1.39 bits per heavy atom. The standard InChI is InChI=1S/C15H20N2O/c1-10(16)9-17-14-5-3-4-12(14)13-7-6-11(18-2)8-15(13)17/h6-8,10H,3-5,9,16H2,1-2H3/t10-/m0/s1. The second kappa shape index (κ2) is 4.32. The van der Waals surface area contributed by atoms with Crippen molar-refractivity contribution in [2.45, 2.75) is 38.8 Å². The first kappa shape index (κ1) is 11.6. The minimum absolute atomic E-state index is 0.177. The molecule has 2 N–H and O–H groups in total. The van der Waals surface area contributed by atoms with Crippen molar-refractivity contribution in [1.82, 2.24) is 4.57 Å². The van der Waals surface area contributed by atoms with Crippen molar-refractivity contribution < 1.29 is 4.74 Å². The predicted molar refractivity (Wildman–Crippen MR) is 74.2 cm³/mol. The van der Waals surface area contributed by atoms with Crippen LogP contribution in [-0.2, 0) is 19.4 Å². The molecule has 3 heteroatoms. The zero-order chi connectivity index (χ0) is 12.7. The summed E-state index contributed by atoms with van der Waals surface area (Å²) >= 11 is 0. The summed E-state index contributed by atoms with van der Waals surface area (Å²) in [6, 6.07) is 6.56. The first-order valence-corrected chi connectivity index (χ1v) is 6.64. The molecule has 0 spiro atoms. The van der Waals surface area contributed by atoms with Gasteiger partial charge in [0.1, 0.15) is 5.75 Å². The van der Waals surface area contributed by atoms with Crippen molar-refractivity contribution in [3.8, 4) is 5.75 Å². The molecule has 3 rings (SSSR count). The highest BCUT2D eigenvalue weighted by Crippen LogP contribution is 2.34. The van der Waals surface area contributed by atoms with Gasteiger partial charge < -0.3 is 15.0 Å². The molecular weight excluding hydrogens is 224 g/mol. The molecule has 0 radical (unpaired) electrons. The number of aryl methyl sites for hydroxylation is 1. The molecule has 0 amide bonds. The highest BCUT2D eigenvalue weighted by Gasteiger charge is 2.21. The highest BCUT2D eigenvalue weighted by atomic mass is 16.5. The van der Waals surface area contributed by atoms with E-state index in [4.69, 9.17) is 10.5 Å². The summed E-state index contributed by atoms with van der Waals surface area (Å²) in [5.41, 5.74) is 10.3. The van der Waals surface area contributed by atoms with Gasteiger partial charge in [-0.05, 0) is 43.9 Å². The predicted octanol–water partition coefficient (Wildman–Crippen LogP) is 2.49. The molecule has 0 bridgehead atoms. The first-order valence-electron chi connectivity index (χ1n) is 6.64. The molecule has 1 heterocycles. The SMILES string of the molecule is COc1ccc2c3c(n(C[C@H](C)N)c2c1)CCC3. The van der Waals surface area contributed by atoms with Gasteiger partial charge in [0.05, 0.1) is 12.6 Å². The Hall–Kier alpha value is -1.48. The molecule has 0 saturated carbocycles. The van der Waals surface area contributed by atoms with Gasteiger partial charge in [-0.25, -0.2) is 0 Å². The average molecular weight is 244 g/mol. The zero-order valence-corrected chi connectivity index (χ0v) is 11.1. The van der Waals surface area contributed by atoms with Crippen molar-refractivity contribution in [3.63, 3.8) is 0 Å². The van der Waals surface area contributed by atoms with Gasteiger partial charge in [-0.3, -0.25) is 0 Å². The maximum Gasteiger partial charge on any atom is 0.120 e. The molecule has 1 aromatic carbocycles. The van der Waals surface area contributed by atoms with E-state index in [1.807, 2.05) is 0 Å². The molecule has 0 fully saturated rings. The van der Waals surface area contributed by atoms with E-state index in [1.165, 1.54) is 41.4 Å². The molecule has 0 unspecified atom stereocenters.